The number of unbranched alkanes of at least 4 members (excludes halogenated alkanes) is 1. The highest BCUT2D eigenvalue weighted by Crippen LogP contribution is 2.07. The van der Waals surface area contributed by atoms with Crippen molar-refractivity contribution in [3.8, 4) is 12.3 Å². The maximum atomic E-state index is 11.8. The van der Waals surface area contributed by atoms with Crippen LogP contribution in [0.3, 0.4) is 0 Å². The van der Waals surface area contributed by atoms with Crippen LogP contribution in [0.4, 0.5) is 0 Å². The van der Waals surface area contributed by atoms with Crippen molar-refractivity contribution in [3.63, 3.8) is 0 Å². The highest BCUT2D eigenvalue weighted by Gasteiger charge is 2.31. The SMILES string of the molecule is C#CCCCN1C(=O)CNC(CC)C1=O. The number of nitrogens with zero attached hydrogens (tertiary/aromatic N) is 1. The molecule has 1 saturated heterocycles. The Bertz CT molecular complexity index is 293. The molecule has 4 heteroatoms. The largest absolute Gasteiger partial charge is 0.297 e. The van der Waals surface area contributed by atoms with E-state index in [4.69, 9.17) is 6.42 Å². The van der Waals surface area contributed by atoms with Crippen LogP contribution >= 0.6 is 0 Å². The van der Waals surface area contributed by atoms with E-state index in [1.807, 2.05) is 6.92 Å². The molecule has 1 unspecified atom stereocenters. The van der Waals surface area contributed by atoms with E-state index in [0.29, 0.717) is 25.8 Å². The number of piperazine rings is 1. The fourth-order valence-corrected chi connectivity index (χ4v) is 1.60. The van der Waals surface area contributed by atoms with Gasteiger partial charge < -0.3 is 0 Å². The van der Waals surface area contributed by atoms with Crippen molar-refractivity contribution in [2.75, 3.05) is 13.1 Å². The van der Waals surface area contributed by atoms with Crippen LogP contribution < -0.4 is 5.32 Å². The molecule has 1 atom stereocenters. The number of hydrogen-bond donors (Lipinski definition) is 1. The van der Waals surface area contributed by atoms with E-state index in [1.54, 1.807) is 0 Å². The van der Waals surface area contributed by atoms with E-state index in [9.17, 15) is 9.59 Å². The van der Waals surface area contributed by atoms with Gasteiger partial charge in [-0.3, -0.25) is 19.8 Å². The Morgan fingerprint density at radius 1 is 1.60 bits per heavy atom. The molecule has 0 bridgehead atoms. The lowest BCUT2D eigenvalue weighted by Crippen LogP contribution is -2.57. The van der Waals surface area contributed by atoms with Gasteiger partial charge in [0.1, 0.15) is 0 Å². The first-order valence-corrected chi connectivity index (χ1v) is 5.21. The van der Waals surface area contributed by atoms with E-state index < -0.39 is 0 Å². The molecule has 1 fully saturated rings. The van der Waals surface area contributed by atoms with Crippen molar-refractivity contribution in [1.29, 1.82) is 0 Å². The van der Waals surface area contributed by atoms with Crippen LogP contribution in [-0.4, -0.2) is 35.8 Å². The second-order valence-electron chi connectivity index (χ2n) is 3.53. The summed E-state index contributed by atoms with van der Waals surface area (Å²) in [6, 6.07) is -0.214. The van der Waals surface area contributed by atoms with Crippen molar-refractivity contribution < 1.29 is 9.59 Å². The summed E-state index contributed by atoms with van der Waals surface area (Å²) in [4.78, 5) is 24.5. The molecule has 0 radical (unpaired) electrons. The van der Waals surface area contributed by atoms with E-state index in [2.05, 4.69) is 11.2 Å². The van der Waals surface area contributed by atoms with Crippen molar-refractivity contribution in [1.82, 2.24) is 10.2 Å². The summed E-state index contributed by atoms with van der Waals surface area (Å²) in [7, 11) is 0. The van der Waals surface area contributed by atoms with Crippen molar-refractivity contribution in [2.24, 2.45) is 0 Å². The Labute approximate surface area is 90.0 Å². The highest BCUT2D eigenvalue weighted by atomic mass is 16.2. The Morgan fingerprint density at radius 2 is 2.33 bits per heavy atom. The number of rotatable bonds is 4. The van der Waals surface area contributed by atoms with Crippen molar-refractivity contribution in [3.05, 3.63) is 0 Å². The predicted molar refractivity (Wildman–Crippen MR) is 56.9 cm³/mol. The number of amides is 2. The minimum atomic E-state index is -0.214. The standard InChI is InChI=1S/C11H16N2O2/c1-3-5-6-7-13-10(14)8-12-9(4-2)11(13)15/h1,9,12H,4-8H2,2H3. The van der Waals surface area contributed by atoms with Crippen molar-refractivity contribution >= 4 is 11.8 Å². The molecular formula is C11H16N2O2. The number of hydrogen-bond acceptors (Lipinski definition) is 3. The number of imide groups is 1. The molecule has 0 aliphatic carbocycles. The van der Waals surface area contributed by atoms with Gasteiger partial charge in [0.2, 0.25) is 11.8 Å². The molecular weight excluding hydrogens is 192 g/mol. The average Bonchev–Trinajstić information content (AvgIpc) is 2.23. The van der Waals surface area contributed by atoms with Gasteiger partial charge in [0.25, 0.3) is 0 Å². The predicted octanol–water partition coefficient (Wildman–Crippen LogP) is 0.137. The molecule has 1 rings (SSSR count). The first kappa shape index (κ1) is 11.7. The summed E-state index contributed by atoms with van der Waals surface area (Å²) in [5.41, 5.74) is 0. The van der Waals surface area contributed by atoms with Gasteiger partial charge in [-0.15, -0.1) is 12.3 Å². The summed E-state index contributed by atoms with van der Waals surface area (Å²) >= 11 is 0. The minimum Gasteiger partial charge on any atom is -0.297 e. The Morgan fingerprint density at radius 3 is 2.93 bits per heavy atom. The molecule has 4 nitrogen and oxygen atoms in total. The first-order valence-electron chi connectivity index (χ1n) is 5.21. The third kappa shape index (κ3) is 2.80. The Hall–Kier alpha value is -1.34. The van der Waals surface area contributed by atoms with Crippen LogP contribution in [0.2, 0.25) is 0 Å². The third-order valence-electron chi connectivity index (χ3n) is 2.48. The molecule has 0 aromatic rings. The minimum absolute atomic E-state index is 0.120. The average molecular weight is 208 g/mol. The van der Waals surface area contributed by atoms with Gasteiger partial charge in [0.05, 0.1) is 12.6 Å². The zero-order valence-corrected chi connectivity index (χ0v) is 8.95. The number of carbonyl (C=O) groups is 2. The zero-order valence-electron chi connectivity index (χ0n) is 8.95. The lowest BCUT2D eigenvalue weighted by atomic mass is 10.1. The van der Waals surface area contributed by atoms with Crippen molar-refractivity contribution in [2.45, 2.75) is 32.2 Å². The van der Waals surface area contributed by atoms with Gasteiger partial charge in [0, 0.05) is 13.0 Å². The summed E-state index contributed by atoms with van der Waals surface area (Å²) < 4.78 is 0. The molecule has 82 valence electrons. The molecule has 0 aromatic heterocycles. The second kappa shape index (κ2) is 5.52. The van der Waals surface area contributed by atoms with Crippen LogP contribution in [0.5, 0.6) is 0 Å². The maximum absolute atomic E-state index is 11.8. The van der Waals surface area contributed by atoms with Gasteiger partial charge in [-0.2, -0.15) is 0 Å². The van der Waals surface area contributed by atoms with Crippen LogP contribution in [-0.2, 0) is 9.59 Å². The highest BCUT2D eigenvalue weighted by molar-refractivity contribution is 6.01. The van der Waals surface area contributed by atoms with E-state index in [1.165, 1.54) is 4.90 Å². The smallest absolute Gasteiger partial charge is 0.246 e. The van der Waals surface area contributed by atoms with Crippen LogP contribution in [0.1, 0.15) is 26.2 Å². The molecule has 1 aliphatic heterocycles. The fraction of sp³-hybridized carbons (Fsp3) is 0.636. The van der Waals surface area contributed by atoms with E-state index >= 15 is 0 Å². The number of nitrogens with one attached hydrogen (secondary N) is 1. The van der Waals surface area contributed by atoms with Crippen LogP contribution in [0, 0.1) is 12.3 Å². The topological polar surface area (TPSA) is 49.4 Å². The van der Waals surface area contributed by atoms with Crippen LogP contribution in [0.15, 0.2) is 0 Å². The lowest BCUT2D eigenvalue weighted by Gasteiger charge is -2.30. The molecule has 0 aromatic carbocycles. The monoisotopic (exact) mass is 208 g/mol. The zero-order chi connectivity index (χ0) is 11.3. The Balaban J connectivity index is 2.55. The molecule has 1 N–H and O–H groups in total. The molecule has 2 amide bonds. The molecule has 0 spiro atoms. The third-order valence-corrected chi connectivity index (χ3v) is 2.48. The van der Waals surface area contributed by atoms with Gasteiger partial charge in [-0.1, -0.05) is 6.92 Å². The summed E-state index contributed by atoms with van der Waals surface area (Å²) in [5, 5.41) is 2.91. The molecule has 1 heterocycles. The quantitative estimate of drug-likeness (QED) is 0.406. The van der Waals surface area contributed by atoms with Gasteiger partial charge >= 0.3 is 0 Å². The normalized spacial score (nSPS) is 21.6. The Kier molecular flexibility index (Phi) is 4.32. The summed E-state index contributed by atoms with van der Waals surface area (Å²) in [5.74, 6) is 2.23. The fourth-order valence-electron chi connectivity index (χ4n) is 1.60. The van der Waals surface area contributed by atoms with E-state index in [0.717, 1.165) is 0 Å². The summed E-state index contributed by atoms with van der Waals surface area (Å²) in [6.45, 7) is 2.62. The van der Waals surface area contributed by atoms with E-state index in [-0.39, 0.29) is 24.4 Å². The number of carbonyl (C=O) groups excluding carboxylic acids is 2. The maximum Gasteiger partial charge on any atom is 0.246 e. The summed E-state index contributed by atoms with van der Waals surface area (Å²) in [6.07, 6.45) is 7.11. The van der Waals surface area contributed by atoms with Gasteiger partial charge in [-0.05, 0) is 12.8 Å². The molecule has 0 saturated carbocycles. The van der Waals surface area contributed by atoms with Crippen LogP contribution in [0.25, 0.3) is 0 Å². The number of terminal acetylenes is 1. The second-order valence-corrected chi connectivity index (χ2v) is 3.53. The lowest BCUT2D eigenvalue weighted by molar-refractivity contribution is -0.149. The molecule has 15 heavy (non-hydrogen) atoms. The van der Waals surface area contributed by atoms with Gasteiger partial charge in [0.15, 0.2) is 0 Å². The van der Waals surface area contributed by atoms with Gasteiger partial charge in [-0.25, -0.2) is 0 Å². The molecule has 1 aliphatic rings. The first-order chi connectivity index (χ1) is 7.20.